The largest absolute Gasteiger partial charge is 0.330 e. The molecular formula is C14H18N4O2. The zero-order valence-corrected chi connectivity index (χ0v) is 11.5. The number of nitrogens with zero attached hydrogens (tertiary/aromatic N) is 1. The lowest BCUT2D eigenvalue weighted by molar-refractivity contribution is -0.118. The van der Waals surface area contributed by atoms with Gasteiger partial charge in [-0.3, -0.25) is 9.36 Å². The summed E-state index contributed by atoms with van der Waals surface area (Å²) in [6.45, 7) is 3.79. The van der Waals surface area contributed by atoms with Crippen molar-refractivity contribution in [3.8, 4) is 5.69 Å². The van der Waals surface area contributed by atoms with Crippen LogP contribution in [-0.4, -0.2) is 21.5 Å². The lowest BCUT2D eigenvalue weighted by Crippen LogP contribution is -2.39. The lowest BCUT2D eigenvalue weighted by Gasteiger charge is -2.15. The summed E-state index contributed by atoms with van der Waals surface area (Å²) in [5, 5.41) is 2.75. The van der Waals surface area contributed by atoms with Crippen molar-refractivity contribution in [2.24, 2.45) is 11.7 Å². The predicted molar refractivity (Wildman–Crippen MR) is 77.8 cm³/mol. The number of imidazole rings is 1. The van der Waals surface area contributed by atoms with E-state index in [1.54, 1.807) is 36.7 Å². The summed E-state index contributed by atoms with van der Waals surface area (Å²) in [6, 6.07) is 6.44. The van der Waals surface area contributed by atoms with Crippen LogP contribution in [0.1, 0.15) is 13.8 Å². The van der Waals surface area contributed by atoms with Gasteiger partial charge in [-0.05, 0) is 30.2 Å². The molecule has 106 valence electrons. The van der Waals surface area contributed by atoms with Gasteiger partial charge in [-0.1, -0.05) is 13.8 Å². The molecule has 0 fully saturated rings. The number of hydrogen-bond donors (Lipinski definition) is 3. The lowest BCUT2D eigenvalue weighted by atomic mass is 10.0. The van der Waals surface area contributed by atoms with Crippen LogP contribution in [0.3, 0.4) is 0 Å². The van der Waals surface area contributed by atoms with Crippen molar-refractivity contribution < 1.29 is 4.79 Å². The molecule has 1 unspecified atom stereocenters. The van der Waals surface area contributed by atoms with E-state index < -0.39 is 6.04 Å². The van der Waals surface area contributed by atoms with Crippen LogP contribution in [0, 0.1) is 5.92 Å². The van der Waals surface area contributed by atoms with Crippen molar-refractivity contribution >= 4 is 11.6 Å². The summed E-state index contributed by atoms with van der Waals surface area (Å²) in [7, 11) is 0. The molecule has 0 aliphatic rings. The summed E-state index contributed by atoms with van der Waals surface area (Å²) < 4.78 is 1.48. The van der Waals surface area contributed by atoms with E-state index in [2.05, 4.69) is 10.3 Å². The van der Waals surface area contributed by atoms with Gasteiger partial charge in [0.2, 0.25) is 5.91 Å². The third-order valence-corrected chi connectivity index (χ3v) is 3.08. The van der Waals surface area contributed by atoms with E-state index in [4.69, 9.17) is 5.73 Å². The molecule has 0 aliphatic carbocycles. The monoisotopic (exact) mass is 274 g/mol. The van der Waals surface area contributed by atoms with Crippen molar-refractivity contribution in [1.82, 2.24) is 9.55 Å². The molecule has 0 saturated carbocycles. The Labute approximate surface area is 116 Å². The molecular weight excluding hydrogens is 256 g/mol. The molecule has 0 bridgehead atoms. The van der Waals surface area contributed by atoms with Crippen molar-refractivity contribution in [2.75, 3.05) is 5.32 Å². The smallest absolute Gasteiger partial charge is 0.325 e. The average Bonchev–Trinajstić information content (AvgIpc) is 2.85. The third-order valence-electron chi connectivity index (χ3n) is 3.08. The van der Waals surface area contributed by atoms with Crippen LogP contribution in [0.2, 0.25) is 0 Å². The molecule has 1 amide bonds. The number of carbonyl (C=O) groups excluding carboxylic acids is 1. The summed E-state index contributed by atoms with van der Waals surface area (Å²) in [6.07, 6.45) is 3.21. The zero-order valence-electron chi connectivity index (χ0n) is 11.5. The molecule has 6 nitrogen and oxygen atoms in total. The molecule has 1 aromatic heterocycles. The second-order valence-corrected chi connectivity index (χ2v) is 4.94. The van der Waals surface area contributed by atoms with Crippen molar-refractivity contribution in [1.29, 1.82) is 0 Å². The maximum atomic E-state index is 11.8. The molecule has 0 aliphatic heterocycles. The van der Waals surface area contributed by atoms with Gasteiger partial charge >= 0.3 is 5.69 Å². The molecule has 2 rings (SSSR count). The number of anilines is 1. The highest BCUT2D eigenvalue weighted by atomic mass is 16.2. The second-order valence-electron chi connectivity index (χ2n) is 4.94. The number of nitrogens with one attached hydrogen (secondary N) is 2. The van der Waals surface area contributed by atoms with Crippen molar-refractivity contribution in [3.05, 3.63) is 47.1 Å². The number of benzene rings is 1. The van der Waals surface area contributed by atoms with Crippen LogP contribution >= 0.6 is 0 Å². The molecule has 2 aromatic rings. The molecule has 0 spiro atoms. The second kappa shape index (κ2) is 5.75. The summed E-state index contributed by atoms with van der Waals surface area (Å²) in [4.78, 5) is 25.9. The van der Waals surface area contributed by atoms with E-state index in [1.165, 1.54) is 4.57 Å². The number of amides is 1. The third kappa shape index (κ3) is 2.97. The molecule has 1 heterocycles. The first-order valence-corrected chi connectivity index (χ1v) is 6.42. The molecule has 6 heteroatoms. The minimum absolute atomic E-state index is 0.0766. The first-order valence-electron chi connectivity index (χ1n) is 6.42. The standard InChI is InChI=1S/C14H18N4O2/c1-9(2)12(15)13(19)17-10-3-5-11(6-4-10)18-8-7-16-14(18)20/h3-9,12H,15H2,1-2H3,(H,16,20)(H,17,19). The van der Waals surface area contributed by atoms with Crippen LogP contribution < -0.4 is 16.7 Å². The molecule has 20 heavy (non-hydrogen) atoms. The quantitative estimate of drug-likeness (QED) is 0.779. The van der Waals surface area contributed by atoms with E-state index in [1.807, 2.05) is 13.8 Å². The maximum absolute atomic E-state index is 11.8. The van der Waals surface area contributed by atoms with Gasteiger partial charge in [0.1, 0.15) is 0 Å². The normalized spacial score (nSPS) is 12.4. The SMILES string of the molecule is CC(C)C(N)C(=O)Nc1ccc(-n2cc[nH]c2=O)cc1. The Balaban J connectivity index is 2.11. The highest BCUT2D eigenvalue weighted by Gasteiger charge is 2.17. The van der Waals surface area contributed by atoms with E-state index in [9.17, 15) is 9.59 Å². The fourth-order valence-corrected chi connectivity index (χ4v) is 1.76. The van der Waals surface area contributed by atoms with Gasteiger partial charge in [0.05, 0.1) is 11.7 Å². The highest BCUT2D eigenvalue weighted by molar-refractivity contribution is 5.94. The topological polar surface area (TPSA) is 92.9 Å². The number of aromatic amines is 1. The first kappa shape index (κ1) is 14.1. The van der Waals surface area contributed by atoms with Gasteiger partial charge in [0, 0.05) is 18.1 Å². The molecule has 0 saturated heterocycles. The predicted octanol–water partition coefficient (Wildman–Crippen LogP) is 1.09. The van der Waals surface area contributed by atoms with Crippen LogP contribution in [0.15, 0.2) is 41.5 Å². The Kier molecular flexibility index (Phi) is 4.05. The van der Waals surface area contributed by atoms with E-state index in [-0.39, 0.29) is 17.5 Å². The van der Waals surface area contributed by atoms with Crippen LogP contribution in [0.25, 0.3) is 5.69 Å². The van der Waals surface area contributed by atoms with Crippen LogP contribution in [-0.2, 0) is 4.79 Å². The molecule has 0 radical (unpaired) electrons. The Morgan fingerprint density at radius 3 is 2.45 bits per heavy atom. The number of hydrogen-bond acceptors (Lipinski definition) is 3. The van der Waals surface area contributed by atoms with Crippen LogP contribution in [0.4, 0.5) is 5.69 Å². The van der Waals surface area contributed by atoms with E-state index >= 15 is 0 Å². The zero-order chi connectivity index (χ0) is 14.7. The van der Waals surface area contributed by atoms with Gasteiger partial charge in [0.15, 0.2) is 0 Å². The fraction of sp³-hybridized carbons (Fsp3) is 0.286. The minimum Gasteiger partial charge on any atom is -0.325 e. The van der Waals surface area contributed by atoms with Gasteiger partial charge in [0.25, 0.3) is 0 Å². The number of aromatic nitrogens is 2. The van der Waals surface area contributed by atoms with E-state index in [0.717, 1.165) is 5.69 Å². The van der Waals surface area contributed by atoms with Crippen LogP contribution in [0.5, 0.6) is 0 Å². The Morgan fingerprint density at radius 2 is 1.95 bits per heavy atom. The number of nitrogens with two attached hydrogens (primary N) is 1. The van der Waals surface area contributed by atoms with Crippen molar-refractivity contribution in [2.45, 2.75) is 19.9 Å². The summed E-state index contributed by atoms with van der Waals surface area (Å²) in [5.74, 6) is -0.140. The van der Waals surface area contributed by atoms with Crippen molar-refractivity contribution in [3.63, 3.8) is 0 Å². The highest BCUT2D eigenvalue weighted by Crippen LogP contribution is 2.13. The number of rotatable bonds is 4. The molecule has 4 N–H and O–H groups in total. The molecule has 1 atom stereocenters. The number of carbonyl (C=O) groups is 1. The number of H-pyrrole nitrogens is 1. The van der Waals surface area contributed by atoms with Gasteiger partial charge in [-0.25, -0.2) is 4.79 Å². The summed E-state index contributed by atoms with van der Waals surface area (Å²) >= 11 is 0. The fourth-order valence-electron chi connectivity index (χ4n) is 1.76. The Hall–Kier alpha value is -2.34. The van der Waals surface area contributed by atoms with E-state index in [0.29, 0.717) is 5.69 Å². The molecule has 1 aromatic carbocycles. The summed E-state index contributed by atoms with van der Waals surface area (Å²) in [5.41, 5.74) is 6.94. The van der Waals surface area contributed by atoms with Gasteiger partial charge in [-0.15, -0.1) is 0 Å². The minimum atomic E-state index is -0.540. The Bertz CT molecular complexity index is 640. The first-order chi connectivity index (χ1) is 9.49. The Morgan fingerprint density at radius 1 is 1.30 bits per heavy atom. The van der Waals surface area contributed by atoms with Gasteiger partial charge in [-0.2, -0.15) is 0 Å². The average molecular weight is 274 g/mol. The maximum Gasteiger partial charge on any atom is 0.330 e. The van der Waals surface area contributed by atoms with Gasteiger partial charge < -0.3 is 16.0 Å².